The van der Waals surface area contributed by atoms with E-state index in [1.165, 1.54) is 10.9 Å². The molecule has 0 amide bonds. The largest absolute Gasteiger partial charge is 0.462 e. The lowest BCUT2D eigenvalue weighted by atomic mass is 10.00. The van der Waals surface area contributed by atoms with Gasteiger partial charge >= 0.3 is 5.97 Å². The molecule has 14 nitrogen and oxygen atoms in total. The molecule has 0 bridgehead atoms. The van der Waals surface area contributed by atoms with E-state index >= 15 is 0 Å². The van der Waals surface area contributed by atoms with E-state index in [1.54, 1.807) is 20.8 Å². The van der Waals surface area contributed by atoms with Crippen LogP contribution in [0.2, 0.25) is 0 Å². The topological polar surface area (TPSA) is 199 Å². The second kappa shape index (κ2) is 13.8. The zero-order chi connectivity index (χ0) is 31.6. The molecule has 1 aliphatic heterocycles. The molecule has 2 aromatic rings. The number of aliphatic hydroxyl groups is 1. The molecule has 0 aromatic carbocycles. The molecule has 1 saturated heterocycles. The first-order valence-corrected chi connectivity index (χ1v) is 17.2. The van der Waals surface area contributed by atoms with Gasteiger partial charge in [-0.05, 0) is 32.6 Å². The van der Waals surface area contributed by atoms with Crippen LogP contribution in [0.15, 0.2) is 6.33 Å². The van der Waals surface area contributed by atoms with Crippen LogP contribution in [0.4, 0.5) is 11.8 Å². The predicted octanol–water partition coefficient (Wildman–Crippen LogP) is 2.92. The Balaban J connectivity index is 1.76. The van der Waals surface area contributed by atoms with Gasteiger partial charge in [0.2, 0.25) is 5.95 Å². The molecular formula is C23H36Cl2N7O7PS2. The van der Waals surface area contributed by atoms with Crippen LogP contribution < -0.4 is 16.6 Å². The maximum Gasteiger partial charge on any atom is 0.323 e. The van der Waals surface area contributed by atoms with Crippen LogP contribution in [0, 0.1) is 5.41 Å². The number of halogens is 2. The minimum atomic E-state index is -3.42. The molecule has 236 valence electrons. The number of nitrogens with zero attached hydrogens (tertiary/aromatic N) is 4. The number of aromatic nitrogens is 4. The smallest absolute Gasteiger partial charge is 0.323 e. The highest BCUT2D eigenvalue weighted by atomic mass is 35.5. The lowest BCUT2D eigenvalue weighted by Crippen LogP contribution is -2.39. The van der Waals surface area contributed by atoms with Crippen molar-refractivity contribution in [2.45, 2.75) is 76.5 Å². The van der Waals surface area contributed by atoms with Gasteiger partial charge in [0.15, 0.2) is 27.1 Å². The zero-order valence-electron chi connectivity index (χ0n) is 23.9. The quantitative estimate of drug-likeness (QED) is 0.110. The summed E-state index contributed by atoms with van der Waals surface area (Å²) in [6.07, 6.45) is -2.76. The number of esters is 1. The van der Waals surface area contributed by atoms with Gasteiger partial charge in [-0.2, -0.15) is 9.97 Å². The highest BCUT2D eigenvalue weighted by Gasteiger charge is 2.56. The average Bonchev–Trinajstić information content (AvgIpc) is 3.37. The second-order valence-corrected chi connectivity index (χ2v) is 16.5. The zero-order valence-corrected chi connectivity index (χ0v) is 28.0. The molecule has 1 fully saturated rings. The third kappa shape index (κ3) is 8.43. The standard InChI is InChI=1S/C23H36Cl2N7O7PS2/c1-11(2)38-18(34)12(3)31-40(41,36-7-8-42-20(35)22(4,5)6)37-9-13-15(33)23(24,25)19(39-13)32-10-28-14-16(26)29-21(27)30-17(14)32/h10-13,15,19,33H,7-9H2,1-6H3,(H,31,41)(H4,26,27,29,30)/t12-,13-,15-,19-,40-/m1/s1. The summed E-state index contributed by atoms with van der Waals surface area (Å²) in [5.74, 6) is -0.329. The van der Waals surface area contributed by atoms with Crippen molar-refractivity contribution in [3.63, 3.8) is 0 Å². The van der Waals surface area contributed by atoms with Gasteiger partial charge in [0, 0.05) is 11.2 Å². The number of imidazole rings is 1. The molecule has 0 unspecified atom stereocenters. The summed E-state index contributed by atoms with van der Waals surface area (Å²) >= 11 is 19.9. The Morgan fingerprint density at radius 3 is 2.57 bits per heavy atom. The van der Waals surface area contributed by atoms with Crippen LogP contribution in [0.5, 0.6) is 0 Å². The number of carbonyl (C=O) groups is 2. The van der Waals surface area contributed by atoms with Gasteiger partial charge in [-0.25, -0.2) is 10.1 Å². The van der Waals surface area contributed by atoms with E-state index in [0.717, 1.165) is 11.8 Å². The normalized spacial score (nSPS) is 22.8. The summed E-state index contributed by atoms with van der Waals surface area (Å²) in [7, 11) is 0. The van der Waals surface area contributed by atoms with E-state index in [2.05, 4.69) is 20.0 Å². The number of aliphatic hydroxyl groups excluding tert-OH is 1. The molecule has 2 aromatic heterocycles. The van der Waals surface area contributed by atoms with Crippen molar-refractivity contribution in [2.24, 2.45) is 5.41 Å². The van der Waals surface area contributed by atoms with Crippen LogP contribution in [0.1, 0.15) is 47.8 Å². The number of alkyl halides is 2. The van der Waals surface area contributed by atoms with Crippen LogP contribution in [-0.4, -0.2) is 83.4 Å². The summed E-state index contributed by atoms with van der Waals surface area (Å²) in [4.78, 5) is 37.0. The number of fused-ring (bicyclic) bond motifs is 1. The van der Waals surface area contributed by atoms with Gasteiger partial charge in [0.05, 0.1) is 25.6 Å². The Kier molecular flexibility index (Phi) is 11.5. The molecule has 19 heteroatoms. The number of nitrogens with two attached hydrogens (primary N) is 2. The molecule has 0 saturated carbocycles. The summed E-state index contributed by atoms with van der Waals surface area (Å²) in [5, 5.41) is 13.9. The summed E-state index contributed by atoms with van der Waals surface area (Å²) in [6.45, 7) is 6.74. The first-order valence-electron chi connectivity index (χ1n) is 12.9. The number of hydrogen-bond donors (Lipinski definition) is 4. The SMILES string of the molecule is CC(C)OC(=O)[C@@H](C)N[P@@](=S)(OCCSC(=O)C(C)(C)C)OC[C@H]1O[C@@H](n2cnc3c(N)nc(N)nc32)C(Cl)(Cl)[C@@H]1O. The van der Waals surface area contributed by atoms with E-state index in [4.69, 9.17) is 65.0 Å². The highest BCUT2D eigenvalue weighted by Crippen LogP contribution is 2.50. The van der Waals surface area contributed by atoms with Crippen molar-refractivity contribution in [1.29, 1.82) is 0 Å². The van der Waals surface area contributed by atoms with Crippen molar-refractivity contribution in [3.05, 3.63) is 6.33 Å². The number of thioether (sulfide) groups is 1. The highest BCUT2D eigenvalue weighted by molar-refractivity contribution is 8.13. The van der Waals surface area contributed by atoms with Crippen molar-refractivity contribution in [1.82, 2.24) is 24.6 Å². The van der Waals surface area contributed by atoms with Gasteiger partial charge < -0.3 is 35.1 Å². The Morgan fingerprint density at radius 1 is 1.29 bits per heavy atom. The Morgan fingerprint density at radius 2 is 1.95 bits per heavy atom. The van der Waals surface area contributed by atoms with Gasteiger partial charge in [-0.3, -0.25) is 14.2 Å². The third-order valence-electron chi connectivity index (χ3n) is 5.75. The fourth-order valence-corrected chi connectivity index (χ4v) is 7.51. The number of nitrogen functional groups attached to an aromatic ring is 2. The Labute approximate surface area is 263 Å². The minimum absolute atomic E-state index is 0.0166. The van der Waals surface area contributed by atoms with Gasteiger partial charge in [0.1, 0.15) is 23.8 Å². The molecule has 5 atom stereocenters. The fraction of sp³-hybridized carbons (Fsp3) is 0.696. The van der Waals surface area contributed by atoms with Crippen LogP contribution in [0.3, 0.4) is 0 Å². The average molecular weight is 689 g/mol. The third-order valence-corrected chi connectivity index (χ3v) is 10.5. The van der Waals surface area contributed by atoms with Crippen molar-refractivity contribution >= 4 is 87.4 Å². The maximum atomic E-state index is 12.5. The van der Waals surface area contributed by atoms with Crippen LogP contribution >= 0.6 is 41.6 Å². The van der Waals surface area contributed by atoms with Gasteiger partial charge in [-0.1, -0.05) is 55.7 Å². The predicted molar refractivity (Wildman–Crippen MR) is 165 cm³/mol. The molecule has 3 rings (SSSR count). The van der Waals surface area contributed by atoms with Gasteiger partial charge in [0.25, 0.3) is 6.64 Å². The van der Waals surface area contributed by atoms with E-state index in [1.807, 2.05) is 20.8 Å². The van der Waals surface area contributed by atoms with Crippen molar-refractivity contribution < 1.29 is 33.2 Å². The van der Waals surface area contributed by atoms with Crippen LogP contribution in [0.25, 0.3) is 11.2 Å². The number of carbonyl (C=O) groups excluding carboxylic acids is 2. The number of rotatable bonds is 12. The van der Waals surface area contributed by atoms with Crippen LogP contribution in [-0.2, 0) is 39.9 Å². The minimum Gasteiger partial charge on any atom is -0.462 e. The summed E-state index contributed by atoms with van der Waals surface area (Å²) < 4.78 is 22.6. The molecule has 0 aliphatic carbocycles. The van der Waals surface area contributed by atoms with Gasteiger partial charge in [-0.15, -0.1) is 0 Å². The second-order valence-electron chi connectivity index (χ2n) is 10.8. The molecule has 3 heterocycles. The van der Waals surface area contributed by atoms with Crippen molar-refractivity contribution in [3.8, 4) is 0 Å². The molecular weight excluding hydrogens is 652 g/mol. The molecule has 0 radical (unpaired) electrons. The summed E-state index contributed by atoms with van der Waals surface area (Å²) in [5.41, 5.74) is 11.5. The van der Waals surface area contributed by atoms with E-state index < -0.39 is 46.8 Å². The first kappa shape index (κ1) is 35.2. The van der Waals surface area contributed by atoms with E-state index in [9.17, 15) is 14.7 Å². The number of nitrogens with one attached hydrogen (secondary N) is 1. The Hall–Kier alpha value is -1.33. The maximum absolute atomic E-state index is 12.5. The summed E-state index contributed by atoms with van der Waals surface area (Å²) in [6, 6.07) is -0.891. The molecule has 0 spiro atoms. The monoisotopic (exact) mass is 687 g/mol. The number of anilines is 2. The number of hydrogen-bond acceptors (Lipinski definition) is 14. The Bertz CT molecular complexity index is 1340. The lowest BCUT2D eigenvalue weighted by molar-refractivity contribution is -0.149. The first-order chi connectivity index (χ1) is 19.4. The van der Waals surface area contributed by atoms with Crippen molar-refractivity contribution in [2.75, 3.05) is 30.4 Å². The number of ether oxygens (including phenoxy) is 2. The fourth-order valence-electron chi connectivity index (χ4n) is 3.65. The van der Waals surface area contributed by atoms with E-state index in [-0.39, 0.29) is 47.4 Å². The molecule has 1 aliphatic rings. The molecule has 6 N–H and O–H groups in total. The lowest BCUT2D eigenvalue weighted by Gasteiger charge is -2.28. The molecule has 42 heavy (non-hydrogen) atoms. The van der Waals surface area contributed by atoms with E-state index in [0.29, 0.717) is 5.75 Å².